The van der Waals surface area contributed by atoms with Crippen molar-refractivity contribution in [1.29, 1.82) is 0 Å². The molecule has 106 valence electrons. The SMILES string of the molecule is CC(=O)Nc1ccc2c(c1)C=[N+](c1ccccc1)C(C)O2. The normalized spacial score (nSPS) is 16.5. The molecule has 4 heteroatoms. The van der Waals surface area contributed by atoms with Crippen LogP contribution in [0.25, 0.3) is 0 Å². The number of carbonyl (C=O) groups excluding carboxylic acids is 1. The molecule has 1 atom stereocenters. The van der Waals surface area contributed by atoms with Crippen LogP contribution in [0.5, 0.6) is 5.75 Å². The number of para-hydroxylation sites is 1. The molecule has 0 aromatic heterocycles. The number of benzene rings is 2. The number of anilines is 1. The largest absolute Gasteiger partial charge is 0.433 e. The van der Waals surface area contributed by atoms with Crippen LogP contribution in [0.4, 0.5) is 11.4 Å². The van der Waals surface area contributed by atoms with E-state index in [4.69, 9.17) is 4.74 Å². The van der Waals surface area contributed by atoms with Gasteiger partial charge in [0.25, 0.3) is 6.23 Å². The molecule has 0 spiro atoms. The molecule has 1 aliphatic rings. The number of nitrogens with zero attached hydrogens (tertiary/aromatic N) is 1. The summed E-state index contributed by atoms with van der Waals surface area (Å²) < 4.78 is 8.01. The van der Waals surface area contributed by atoms with Gasteiger partial charge in [0, 0.05) is 31.7 Å². The second kappa shape index (κ2) is 5.40. The Labute approximate surface area is 123 Å². The number of rotatable bonds is 2. The van der Waals surface area contributed by atoms with Gasteiger partial charge in [-0.3, -0.25) is 4.79 Å². The van der Waals surface area contributed by atoms with E-state index in [0.717, 1.165) is 22.7 Å². The Morgan fingerprint density at radius 1 is 1.19 bits per heavy atom. The zero-order chi connectivity index (χ0) is 14.8. The van der Waals surface area contributed by atoms with E-state index < -0.39 is 0 Å². The van der Waals surface area contributed by atoms with E-state index in [1.54, 1.807) is 0 Å². The van der Waals surface area contributed by atoms with Crippen molar-refractivity contribution in [2.24, 2.45) is 0 Å². The number of carbonyl (C=O) groups is 1. The summed E-state index contributed by atoms with van der Waals surface area (Å²) >= 11 is 0. The predicted octanol–water partition coefficient (Wildman–Crippen LogP) is 3.15. The summed E-state index contributed by atoms with van der Waals surface area (Å²) in [5.41, 5.74) is 2.78. The van der Waals surface area contributed by atoms with E-state index in [0.29, 0.717) is 0 Å². The molecular weight excluding hydrogens is 264 g/mol. The Morgan fingerprint density at radius 2 is 1.95 bits per heavy atom. The highest BCUT2D eigenvalue weighted by atomic mass is 16.5. The molecule has 0 radical (unpaired) electrons. The third kappa shape index (κ3) is 2.79. The molecule has 0 fully saturated rings. The zero-order valence-corrected chi connectivity index (χ0v) is 12.0. The molecular formula is C17H17N2O2+. The Balaban J connectivity index is 2.01. The summed E-state index contributed by atoms with van der Waals surface area (Å²) in [4.78, 5) is 11.2. The van der Waals surface area contributed by atoms with Crippen LogP contribution >= 0.6 is 0 Å². The van der Waals surface area contributed by atoms with E-state index >= 15 is 0 Å². The van der Waals surface area contributed by atoms with Crippen LogP contribution in [0.15, 0.2) is 48.5 Å². The van der Waals surface area contributed by atoms with Crippen LogP contribution in [-0.2, 0) is 4.79 Å². The maximum atomic E-state index is 11.2. The lowest BCUT2D eigenvalue weighted by atomic mass is 10.1. The van der Waals surface area contributed by atoms with Gasteiger partial charge in [-0.15, -0.1) is 0 Å². The van der Waals surface area contributed by atoms with Crippen LogP contribution in [0, 0.1) is 0 Å². The Bertz CT molecular complexity index is 708. The van der Waals surface area contributed by atoms with Crippen molar-refractivity contribution in [3.63, 3.8) is 0 Å². The summed E-state index contributed by atoms with van der Waals surface area (Å²) in [7, 11) is 0. The summed E-state index contributed by atoms with van der Waals surface area (Å²) in [6.45, 7) is 3.51. The molecule has 0 saturated carbocycles. The van der Waals surface area contributed by atoms with E-state index in [-0.39, 0.29) is 12.1 Å². The lowest BCUT2D eigenvalue weighted by Gasteiger charge is -2.20. The minimum Gasteiger partial charge on any atom is -0.433 e. The summed E-state index contributed by atoms with van der Waals surface area (Å²) in [5, 5.41) is 2.79. The first kappa shape index (κ1) is 13.4. The van der Waals surface area contributed by atoms with Crippen LogP contribution in [0.3, 0.4) is 0 Å². The van der Waals surface area contributed by atoms with Gasteiger partial charge < -0.3 is 10.1 Å². The fraction of sp³-hybridized carbons (Fsp3) is 0.176. The predicted molar refractivity (Wildman–Crippen MR) is 82.4 cm³/mol. The van der Waals surface area contributed by atoms with E-state index in [1.165, 1.54) is 6.92 Å². The molecule has 3 rings (SSSR count). The third-order valence-electron chi connectivity index (χ3n) is 3.35. The number of ether oxygens (including phenoxy) is 1. The second-order valence-electron chi connectivity index (χ2n) is 5.02. The average Bonchev–Trinajstić information content (AvgIpc) is 2.47. The van der Waals surface area contributed by atoms with Gasteiger partial charge in [0.2, 0.25) is 11.6 Å². The first-order valence-electron chi connectivity index (χ1n) is 6.90. The fourth-order valence-electron chi connectivity index (χ4n) is 2.42. The summed E-state index contributed by atoms with van der Waals surface area (Å²) in [6, 6.07) is 15.7. The number of fused-ring (bicyclic) bond motifs is 1. The fourth-order valence-corrected chi connectivity index (χ4v) is 2.42. The Hall–Kier alpha value is -2.62. The molecule has 0 aliphatic carbocycles. The smallest absolute Gasteiger partial charge is 0.299 e. The molecule has 2 aromatic carbocycles. The van der Waals surface area contributed by atoms with Crippen molar-refractivity contribution in [3.8, 4) is 5.75 Å². The standard InChI is InChI=1S/C17H16N2O2/c1-12(20)18-15-8-9-17-14(10-15)11-19(13(2)21-17)16-6-4-3-5-7-16/h3-11,13H,1-2H3/p+1. The first-order valence-corrected chi connectivity index (χ1v) is 6.90. The molecule has 0 bridgehead atoms. The molecule has 21 heavy (non-hydrogen) atoms. The molecule has 4 nitrogen and oxygen atoms in total. The van der Waals surface area contributed by atoms with Crippen molar-refractivity contribution >= 4 is 23.5 Å². The van der Waals surface area contributed by atoms with Crippen LogP contribution in [-0.4, -0.2) is 22.9 Å². The monoisotopic (exact) mass is 281 g/mol. The van der Waals surface area contributed by atoms with Gasteiger partial charge in [-0.1, -0.05) is 18.2 Å². The quantitative estimate of drug-likeness (QED) is 0.859. The van der Waals surface area contributed by atoms with Gasteiger partial charge in [-0.25, -0.2) is 0 Å². The van der Waals surface area contributed by atoms with E-state index in [2.05, 4.69) is 9.89 Å². The maximum Gasteiger partial charge on any atom is 0.299 e. The molecule has 1 N–H and O–H groups in total. The Morgan fingerprint density at radius 3 is 2.67 bits per heavy atom. The Kier molecular flexibility index (Phi) is 3.44. The number of nitrogens with one attached hydrogen (secondary N) is 1. The van der Waals surface area contributed by atoms with Gasteiger partial charge >= 0.3 is 0 Å². The molecule has 1 heterocycles. The summed E-state index contributed by atoms with van der Waals surface area (Å²) in [6.07, 6.45) is 1.97. The second-order valence-corrected chi connectivity index (χ2v) is 5.02. The lowest BCUT2D eigenvalue weighted by Crippen LogP contribution is -2.30. The van der Waals surface area contributed by atoms with Crippen molar-refractivity contribution < 1.29 is 14.1 Å². The highest BCUT2D eigenvalue weighted by Crippen LogP contribution is 2.28. The van der Waals surface area contributed by atoms with Crippen molar-refractivity contribution in [2.45, 2.75) is 20.1 Å². The summed E-state index contributed by atoms with van der Waals surface area (Å²) in [5.74, 6) is 0.740. The average molecular weight is 281 g/mol. The van der Waals surface area contributed by atoms with Crippen LogP contribution in [0.1, 0.15) is 19.4 Å². The van der Waals surface area contributed by atoms with Crippen LogP contribution < -0.4 is 10.1 Å². The number of hydrogen-bond donors (Lipinski definition) is 1. The maximum absolute atomic E-state index is 11.2. The molecule has 0 saturated heterocycles. The van der Waals surface area contributed by atoms with Gasteiger partial charge in [0.15, 0.2) is 6.21 Å². The topological polar surface area (TPSA) is 41.3 Å². The third-order valence-corrected chi connectivity index (χ3v) is 3.35. The highest BCUT2D eigenvalue weighted by Gasteiger charge is 2.26. The van der Waals surface area contributed by atoms with Crippen molar-refractivity contribution in [1.82, 2.24) is 0 Å². The molecule has 1 unspecified atom stereocenters. The van der Waals surface area contributed by atoms with Gasteiger partial charge in [0.1, 0.15) is 5.75 Å². The first-order chi connectivity index (χ1) is 10.1. The van der Waals surface area contributed by atoms with Gasteiger partial charge in [-0.2, -0.15) is 4.58 Å². The number of amides is 1. The van der Waals surface area contributed by atoms with Crippen molar-refractivity contribution in [3.05, 3.63) is 54.1 Å². The molecule has 1 amide bonds. The van der Waals surface area contributed by atoms with E-state index in [9.17, 15) is 4.79 Å². The minimum absolute atomic E-state index is 0.0773. The molecule has 2 aromatic rings. The van der Waals surface area contributed by atoms with Crippen molar-refractivity contribution in [2.75, 3.05) is 5.32 Å². The van der Waals surface area contributed by atoms with Gasteiger partial charge in [-0.05, 0) is 18.2 Å². The minimum atomic E-state index is -0.0834. The zero-order valence-electron chi connectivity index (χ0n) is 12.0. The van der Waals surface area contributed by atoms with E-state index in [1.807, 2.05) is 61.7 Å². The number of hydrogen-bond acceptors (Lipinski definition) is 2. The molecule has 1 aliphatic heterocycles. The lowest BCUT2D eigenvalue weighted by molar-refractivity contribution is -0.522. The highest BCUT2D eigenvalue weighted by molar-refractivity contribution is 5.91. The van der Waals surface area contributed by atoms with Crippen LogP contribution in [0.2, 0.25) is 0 Å². The van der Waals surface area contributed by atoms with Gasteiger partial charge in [0.05, 0.1) is 5.56 Å².